The van der Waals surface area contributed by atoms with Gasteiger partial charge in [-0.15, -0.1) is 0 Å². The van der Waals surface area contributed by atoms with Gasteiger partial charge in [0.05, 0.1) is 5.69 Å². The Bertz CT molecular complexity index is 604. The van der Waals surface area contributed by atoms with Crippen molar-refractivity contribution in [2.75, 3.05) is 12.3 Å². The average molecular weight is 261 g/mol. The van der Waals surface area contributed by atoms with Gasteiger partial charge in [-0.1, -0.05) is 0 Å². The lowest BCUT2D eigenvalue weighted by molar-refractivity contribution is -0.140. The molecule has 2 aromatic rings. The maximum atomic E-state index is 11.5. The summed E-state index contributed by atoms with van der Waals surface area (Å²) in [5.41, 5.74) is 6.96. The van der Waals surface area contributed by atoms with Gasteiger partial charge in [0.2, 0.25) is 0 Å². The number of nitrogens with two attached hydrogens (primary N) is 1. The van der Waals surface area contributed by atoms with E-state index in [1.165, 1.54) is 10.7 Å². The third-order valence-electron chi connectivity index (χ3n) is 2.28. The summed E-state index contributed by atoms with van der Waals surface area (Å²) in [6, 6.07) is 8.35. The largest absolute Gasteiger partial charge is 0.479 e. The zero-order chi connectivity index (χ0) is 13.8. The Labute approximate surface area is 108 Å². The molecule has 0 bridgehead atoms. The highest BCUT2D eigenvalue weighted by atomic mass is 16.5. The first-order chi connectivity index (χ1) is 9.06. The normalized spacial score (nSPS) is 10.1. The minimum atomic E-state index is -1.22. The standard InChI is InChI=1S/C12H11N3O4/c13-8-1-3-9(4-2-8)15-6-5-10(14-15)12(18)19-7-11(16)17/h1-6H,7,13H2,(H,16,17). The molecule has 0 unspecified atom stereocenters. The van der Waals surface area contributed by atoms with E-state index in [1.807, 2.05) is 0 Å². The monoisotopic (exact) mass is 261 g/mol. The van der Waals surface area contributed by atoms with Gasteiger partial charge >= 0.3 is 11.9 Å². The zero-order valence-corrected chi connectivity index (χ0v) is 9.81. The van der Waals surface area contributed by atoms with Gasteiger partial charge in [0.15, 0.2) is 12.3 Å². The smallest absolute Gasteiger partial charge is 0.359 e. The van der Waals surface area contributed by atoms with E-state index in [1.54, 1.807) is 30.5 Å². The molecule has 0 amide bonds. The number of aliphatic carboxylic acids is 1. The molecular formula is C12H11N3O4. The second kappa shape index (κ2) is 5.21. The lowest BCUT2D eigenvalue weighted by atomic mass is 10.3. The summed E-state index contributed by atoms with van der Waals surface area (Å²) in [4.78, 5) is 21.7. The van der Waals surface area contributed by atoms with Crippen molar-refractivity contribution in [3.05, 3.63) is 42.2 Å². The van der Waals surface area contributed by atoms with Crippen LogP contribution < -0.4 is 5.73 Å². The van der Waals surface area contributed by atoms with Crippen LogP contribution >= 0.6 is 0 Å². The molecule has 0 aliphatic rings. The topological polar surface area (TPSA) is 107 Å². The molecule has 0 spiro atoms. The highest BCUT2D eigenvalue weighted by molar-refractivity contribution is 5.88. The Morgan fingerprint density at radius 1 is 1.26 bits per heavy atom. The van der Waals surface area contributed by atoms with Gasteiger partial charge in [-0.3, -0.25) is 0 Å². The SMILES string of the molecule is Nc1ccc(-n2ccc(C(=O)OCC(=O)O)n2)cc1. The molecule has 0 saturated carbocycles. The van der Waals surface area contributed by atoms with Gasteiger partial charge in [0.1, 0.15) is 0 Å². The van der Waals surface area contributed by atoms with Crippen LogP contribution in [0, 0.1) is 0 Å². The van der Waals surface area contributed by atoms with E-state index in [0.29, 0.717) is 5.69 Å². The van der Waals surface area contributed by atoms with Crippen molar-refractivity contribution < 1.29 is 19.4 Å². The van der Waals surface area contributed by atoms with Crippen LogP contribution in [0.25, 0.3) is 5.69 Å². The maximum absolute atomic E-state index is 11.5. The van der Waals surface area contributed by atoms with Crippen LogP contribution in [0.4, 0.5) is 5.69 Å². The number of nitrogens with zero attached hydrogens (tertiary/aromatic N) is 2. The lowest BCUT2D eigenvalue weighted by Crippen LogP contribution is -2.13. The second-order valence-corrected chi connectivity index (χ2v) is 3.71. The number of carbonyl (C=O) groups excluding carboxylic acids is 1. The second-order valence-electron chi connectivity index (χ2n) is 3.71. The van der Waals surface area contributed by atoms with Crippen molar-refractivity contribution in [3.63, 3.8) is 0 Å². The van der Waals surface area contributed by atoms with Crippen LogP contribution in [0.3, 0.4) is 0 Å². The van der Waals surface area contributed by atoms with Crippen molar-refractivity contribution in [2.45, 2.75) is 0 Å². The fourth-order valence-electron chi connectivity index (χ4n) is 1.40. The molecule has 0 radical (unpaired) electrons. The lowest BCUT2D eigenvalue weighted by Gasteiger charge is -2.01. The van der Waals surface area contributed by atoms with Crippen LogP contribution in [-0.2, 0) is 9.53 Å². The molecule has 7 nitrogen and oxygen atoms in total. The number of benzene rings is 1. The van der Waals surface area contributed by atoms with E-state index >= 15 is 0 Å². The highest BCUT2D eigenvalue weighted by Crippen LogP contribution is 2.11. The molecule has 0 aliphatic carbocycles. The predicted molar refractivity (Wildman–Crippen MR) is 65.9 cm³/mol. The fourth-order valence-corrected chi connectivity index (χ4v) is 1.40. The molecule has 1 aromatic carbocycles. The molecule has 1 heterocycles. The number of rotatable bonds is 4. The van der Waals surface area contributed by atoms with Gasteiger partial charge in [-0.05, 0) is 30.3 Å². The van der Waals surface area contributed by atoms with Gasteiger partial charge < -0.3 is 15.6 Å². The molecular weight excluding hydrogens is 250 g/mol. The van der Waals surface area contributed by atoms with Gasteiger partial charge in [-0.2, -0.15) is 5.10 Å². The summed E-state index contributed by atoms with van der Waals surface area (Å²) in [5.74, 6) is -2.00. The van der Waals surface area contributed by atoms with E-state index in [9.17, 15) is 9.59 Å². The maximum Gasteiger partial charge on any atom is 0.359 e. The minimum Gasteiger partial charge on any atom is -0.479 e. The van der Waals surface area contributed by atoms with E-state index in [0.717, 1.165) is 5.69 Å². The van der Waals surface area contributed by atoms with Crippen molar-refractivity contribution in [1.82, 2.24) is 9.78 Å². The molecule has 0 atom stereocenters. The van der Waals surface area contributed by atoms with Crippen molar-refractivity contribution in [1.29, 1.82) is 0 Å². The Kier molecular flexibility index (Phi) is 3.46. The number of carboxylic acids is 1. The van der Waals surface area contributed by atoms with Crippen LogP contribution in [0.15, 0.2) is 36.5 Å². The van der Waals surface area contributed by atoms with Gasteiger partial charge in [0.25, 0.3) is 0 Å². The third kappa shape index (κ3) is 3.09. The minimum absolute atomic E-state index is 0.0399. The highest BCUT2D eigenvalue weighted by Gasteiger charge is 2.13. The summed E-state index contributed by atoms with van der Waals surface area (Å²) in [6.45, 7) is -0.687. The van der Waals surface area contributed by atoms with E-state index in [2.05, 4.69) is 9.84 Å². The molecule has 98 valence electrons. The van der Waals surface area contributed by atoms with Crippen molar-refractivity contribution >= 4 is 17.6 Å². The van der Waals surface area contributed by atoms with Gasteiger partial charge in [0, 0.05) is 11.9 Å². The molecule has 2 rings (SSSR count). The molecule has 7 heteroatoms. The summed E-state index contributed by atoms with van der Waals surface area (Å²) in [5, 5.41) is 12.4. The first-order valence-corrected chi connectivity index (χ1v) is 5.37. The predicted octanol–water partition coefficient (Wildman–Crippen LogP) is 0.696. The summed E-state index contributed by atoms with van der Waals surface area (Å²) in [6.07, 6.45) is 1.57. The quantitative estimate of drug-likeness (QED) is 0.619. The van der Waals surface area contributed by atoms with Crippen LogP contribution in [0.2, 0.25) is 0 Å². The molecule has 19 heavy (non-hydrogen) atoms. The average Bonchev–Trinajstić information content (AvgIpc) is 2.86. The first kappa shape index (κ1) is 12.6. The number of carbonyl (C=O) groups is 2. The molecule has 0 saturated heterocycles. The number of esters is 1. The Hall–Kier alpha value is -2.83. The molecule has 1 aromatic heterocycles. The van der Waals surface area contributed by atoms with E-state index in [-0.39, 0.29) is 5.69 Å². The summed E-state index contributed by atoms with van der Waals surface area (Å²) < 4.78 is 5.99. The van der Waals surface area contributed by atoms with Gasteiger partial charge in [-0.25, -0.2) is 14.3 Å². The molecule has 0 aliphatic heterocycles. The van der Waals surface area contributed by atoms with Crippen LogP contribution in [0.5, 0.6) is 0 Å². The zero-order valence-electron chi connectivity index (χ0n) is 9.81. The number of carboxylic acid groups (broad SMARTS) is 1. The Balaban J connectivity index is 2.12. The Morgan fingerprint density at radius 2 is 1.95 bits per heavy atom. The number of aromatic nitrogens is 2. The van der Waals surface area contributed by atoms with Crippen LogP contribution in [0.1, 0.15) is 10.5 Å². The Morgan fingerprint density at radius 3 is 2.58 bits per heavy atom. The first-order valence-electron chi connectivity index (χ1n) is 5.37. The fraction of sp³-hybridized carbons (Fsp3) is 0.0833. The van der Waals surface area contributed by atoms with Crippen molar-refractivity contribution in [2.24, 2.45) is 0 Å². The third-order valence-corrected chi connectivity index (χ3v) is 2.28. The van der Waals surface area contributed by atoms with Crippen molar-refractivity contribution in [3.8, 4) is 5.69 Å². The molecule has 3 N–H and O–H groups in total. The van der Waals surface area contributed by atoms with E-state index < -0.39 is 18.5 Å². The summed E-state index contributed by atoms with van der Waals surface area (Å²) >= 11 is 0. The number of ether oxygens (including phenoxy) is 1. The molecule has 0 fully saturated rings. The van der Waals surface area contributed by atoms with E-state index in [4.69, 9.17) is 10.8 Å². The number of hydrogen-bond donors (Lipinski definition) is 2. The number of nitrogen functional groups attached to an aromatic ring is 1. The summed E-state index contributed by atoms with van der Waals surface area (Å²) in [7, 11) is 0. The van der Waals surface area contributed by atoms with Crippen LogP contribution in [-0.4, -0.2) is 33.4 Å². The number of hydrogen-bond acceptors (Lipinski definition) is 5. The number of anilines is 1.